The SMILES string of the molecule is O=[N+]([O-])c1ccccc1Cn1ccnc1-c1cncc(Br)c1. The van der Waals surface area contributed by atoms with Gasteiger partial charge in [-0.25, -0.2) is 4.98 Å². The number of imidazole rings is 1. The molecule has 0 aliphatic carbocycles. The molecule has 3 rings (SSSR count). The molecule has 0 fully saturated rings. The molecule has 0 saturated heterocycles. The highest BCUT2D eigenvalue weighted by atomic mass is 79.9. The lowest BCUT2D eigenvalue weighted by Crippen LogP contribution is -2.04. The molecule has 22 heavy (non-hydrogen) atoms. The summed E-state index contributed by atoms with van der Waals surface area (Å²) in [6.45, 7) is 0.374. The predicted octanol–water partition coefficient (Wildman–Crippen LogP) is 3.66. The van der Waals surface area contributed by atoms with Gasteiger partial charge in [0.1, 0.15) is 5.82 Å². The summed E-state index contributed by atoms with van der Waals surface area (Å²) in [5.41, 5.74) is 1.59. The van der Waals surface area contributed by atoms with E-state index in [0.717, 1.165) is 10.0 Å². The molecule has 110 valence electrons. The van der Waals surface area contributed by atoms with Gasteiger partial charge in [0.2, 0.25) is 0 Å². The average molecular weight is 359 g/mol. The topological polar surface area (TPSA) is 73.8 Å². The normalized spacial score (nSPS) is 10.6. The number of nitrogens with zero attached hydrogens (tertiary/aromatic N) is 4. The van der Waals surface area contributed by atoms with E-state index in [2.05, 4.69) is 25.9 Å². The van der Waals surface area contributed by atoms with Crippen LogP contribution >= 0.6 is 15.9 Å². The van der Waals surface area contributed by atoms with E-state index in [1.54, 1.807) is 43.0 Å². The molecule has 6 nitrogen and oxygen atoms in total. The first-order valence-electron chi connectivity index (χ1n) is 6.49. The van der Waals surface area contributed by atoms with Gasteiger partial charge in [0.25, 0.3) is 5.69 Å². The van der Waals surface area contributed by atoms with Crippen LogP contribution in [0.15, 0.2) is 59.6 Å². The minimum absolute atomic E-state index is 0.106. The van der Waals surface area contributed by atoms with Crippen LogP contribution in [0.1, 0.15) is 5.56 Å². The van der Waals surface area contributed by atoms with Crippen molar-refractivity contribution in [2.75, 3.05) is 0 Å². The Labute approximate surface area is 134 Å². The molecule has 3 aromatic rings. The van der Waals surface area contributed by atoms with Gasteiger partial charge >= 0.3 is 0 Å². The highest BCUT2D eigenvalue weighted by molar-refractivity contribution is 9.10. The van der Waals surface area contributed by atoms with Crippen LogP contribution in [0, 0.1) is 10.1 Å². The quantitative estimate of drug-likeness (QED) is 0.526. The first-order chi connectivity index (χ1) is 10.6. The highest BCUT2D eigenvalue weighted by Gasteiger charge is 2.14. The van der Waals surface area contributed by atoms with Crippen molar-refractivity contribution in [2.24, 2.45) is 0 Å². The molecule has 0 saturated carbocycles. The Morgan fingerprint density at radius 2 is 2.09 bits per heavy atom. The van der Waals surface area contributed by atoms with Crippen molar-refractivity contribution in [3.05, 3.63) is 75.3 Å². The van der Waals surface area contributed by atoms with Crippen molar-refractivity contribution < 1.29 is 4.92 Å². The lowest BCUT2D eigenvalue weighted by Gasteiger charge is -2.08. The third-order valence-corrected chi connectivity index (χ3v) is 3.64. The van der Waals surface area contributed by atoms with Crippen molar-refractivity contribution in [2.45, 2.75) is 6.54 Å². The van der Waals surface area contributed by atoms with Gasteiger partial charge in [-0.05, 0) is 22.0 Å². The lowest BCUT2D eigenvalue weighted by molar-refractivity contribution is -0.385. The monoisotopic (exact) mass is 358 g/mol. The number of rotatable bonds is 4. The van der Waals surface area contributed by atoms with Crippen molar-refractivity contribution >= 4 is 21.6 Å². The van der Waals surface area contributed by atoms with Gasteiger partial charge in [-0.2, -0.15) is 0 Å². The van der Waals surface area contributed by atoms with Gasteiger partial charge in [-0.15, -0.1) is 0 Å². The molecule has 2 heterocycles. The van der Waals surface area contributed by atoms with Crippen LogP contribution in [-0.4, -0.2) is 19.5 Å². The fourth-order valence-electron chi connectivity index (χ4n) is 2.24. The standard InChI is InChI=1S/C15H11BrN4O2/c16-13-7-12(8-17-9-13)15-18-5-6-19(15)10-11-3-1-2-4-14(11)20(21)22/h1-9H,10H2. The minimum atomic E-state index is -0.368. The molecule has 7 heteroatoms. The number of benzene rings is 1. The molecule has 0 spiro atoms. The summed E-state index contributed by atoms with van der Waals surface area (Å²) in [6, 6.07) is 8.62. The van der Waals surface area contributed by atoms with Gasteiger partial charge in [0.15, 0.2) is 0 Å². The van der Waals surface area contributed by atoms with E-state index in [-0.39, 0.29) is 10.6 Å². The van der Waals surface area contributed by atoms with E-state index in [1.165, 1.54) is 6.07 Å². The molecule has 2 aromatic heterocycles. The Morgan fingerprint density at radius 3 is 2.86 bits per heavy atom. The maximum absolute atomic E-state index is 11.1. The smallest absolute Gasteiger partial charge is 0.274 e. The summed E-state index contributed by atoms with van der Waals surface area (Å²) in [5, 5.41) is 11.1. The third-order valence-electron chi connectivity index (χ3n) is 3.21. The van der Waals surface area contributed by atoms with Crippen molar-refractivity contribution in [1.82, 2.24) is 14.5 Å². The third kappa shape index (κ3) is 2.89. The summed E-state index contributed by atoms with van der Waals surface area (Å²) < 4.78 is 2.72. The molecular weight excluding hydrogens is 348 g/mol. The van der Waals surface area contributed by atoms with Crippen molar-refractivity contribution in [3.8, 4) is 11.4 Å². The fraction of sp³-hybridized carbons (Fsp3) is 0.0667. The fourth-order valence-corrected chi connectivity index (χ4v) is 2.60. The van der Waals surface area contributed by atoms with Gasteiger partial charge in [0, 0.05) is 46.5 Å². The van der Waals surface area contributed by atoms with E-state index in [0.29, 0.717) is 17.9 Å². The van der Waals surface area contributed by atoms with Gasteiger partial charge in [-0.3, -0.25) is 15.1 Å². The molecule has 0 amide bonds. The molecule has 0 radical (unpaired) electrons. The van der Waals surface area contributed by atoms with E-state index < -0.39 is 0 Å². The van der Waals surface area contributed by atoms with Crippen LogP contribution in [0.5, 0.6) is 0 Å². The largest absolute Gasteiger partial charge is 0.326 e. The molecule has 0 aliphatic heterocycles. The minimum Gasteiger partial charge on any atom is -0.326 e. The Balaban J connectivity index is 1.99. The number of nitro groups is 1. The van der Waals surface area contributed by atoms with Gasteiger partial charge < -0.3 is 4.57 Å². The molecule has 0 aliphatic rings. The molecule has 0 bridgehead atoms. The van der Waals surface area contributed by atoms with Crippen LogP contribution in [0.3, 0.4) is 0 Å². The first kappa shape index (κ1) is 14.4. The summed E-state index contributed by atoms with van der Waals surface area (Å²) in [5.74, 6) is 0.715. The number of para-hydroxylation sites is 1. The average Bonchev–Trinajstić information content (AvgIpc) is 2.96. The maximum Gasteiger partial charge on any atom is 0.274 e. The van der Waals surface area contributed by atoms with Crippen molar-refractivity contribution in [1.29, 1.82) is 0 Å². The Kier molecular flexibility index (Phi) is 3.97. The lowest BCUT2D eigenvalue weighted by atomic mass is 10.1. The van der Waals surface area contributed by atoms with E-state index in [1.807, 2.05) is 10.6 Å². The Hall–Kier alpha value is -2.54. The maximum atomic E-state index is 11.1. The number of nitro benzene ring substituents is 1. The number of hydrogen-bond acceptors (Lipinski definition) is 4. The summed E-state index contributed by atoms with van der Waals surface area (Å²) in [4.78, 5) is 19.2. The molecule has 0 atom stereocenters. The number of pyridine rings is 1. The molecule has 0 N–H and O–H groups in total. The van der Waals surface area contributed by atoms with E-state index in [4.69, 9.17) is 0 Å². The van der Waals surface area contributed by atoms with Crippen molar-refractivity contribution in [3.63, 3.8) is 0 Å². The zero-order chi connectivity index (χ0) is 15.5. The number of aromatic nitrogens is 3. The van der Waals surface area contributed by atoms with E-state index in [9.17, 15) is 10.1 Å². The zero-order valence-corrected chi connectivity index (χ0v) is 13.0. The van der Waals surface area contributed by atoms with Crippen LogP contribution in [0.25, 0.3) is 11.4 Å². The van der Waals surface area contributed by atoms with Crippen LogP contribution in [0.2, 0.25) is 0 Å². The zero-order valence-electron chi connectivity index (χ0n) is 11.4. The Bertz CT molecular complexity index is 832. The number of halogens is 1. The second kappa shape index (κ2) is 6.07. The molecular formula is C15H11BrN4O2. The van der Waals surface area contributed by atoms with E-state index >= 15 is 0 Å². The summed E-state index contributed by atoms with van der Waals surface area (Å²) >= 11 is 3.38. The number of hydrogen-bond donors (Lipinski definition) is 0. The van der Waals surface area contributed by atoms with Crippen LogP contribution in [0.4, 0.5) is 5.69 Å². The second-order valence-electron chi connectivity index (χ2n) is 4.66. The van der Waals surface area contributed by atoms with Crippen LogP contribution in [-0.2, 0) is 6.54 Å². The second-order valence-corrected chi connectivity index (χ2v) is 5.57. The molecule has 0 unspecified atom stereocenters. The Morgan fingerprint density at radius 1 is 1.27 bits per heavy atom. The predicted molar refractivity (Wildman–Crippen MR) is 85.4 cm³/mol. The van der Waals surface area contributed by atoms with Gasteiger partial charge in [-0.1, -0.05) is 18.2 Å². The summed E-state index contributed by atoms with van der Waals surface area (Å²) in [6.07, 6.45) is 6.87. The first-order valence-corrected chi connectivity index (χ1v) is 7.29. The van der Waals surface area contributed by atoms with Gasteiger partial charge in [0.05, 0.1) is 11.5 Å². The highest BCUT2D eigenvalue weighted by Crippen LogP contribution is 2.24. The summed E-state index contributed by atoms with van der Waals surface area (Å²) in [7, 11) is 0. The molecule has 1 aromatic carbocycles. The van der Waals surface area contributed by atoms with Crippen LogP contribution < -0.4 is 0 Å².